The normalized spacial score (nSPS) is 26.2. The summed E-state index contributed by atoms with van der Waals surface area (Å²) in [6.07, 6.45) is 2.09. The smallest absolute Gasteiger partial charge is 0.0662 e. The van der Waals surface area contributed by atoms with Crippen LogP contribution in [0.1, 0.15) is 30.4 Å². The maximum Gasteiger partial charge on any atom is 0.0662 e. The summed E-state index contributed by atoms with van der Waals surface area (Å²) in [5.41, 5.74) is 2.81. The van der Waals surface area contributed by atoms with Gasteiger partial charge in [0.2, 0.25) is 0 Å². The molecule has 1 aliphatic rings. The summed E-state index contributed by atoms with van der Waals surface area (Å²) in [5, 5.41) is 8.94. The van der Waals surface area contributed by atoms with Crippen LogP contribution in [-0.2, 0) is 6.42 Å². The predicted molar refractivity (Wildman–Crippen MR) is 52.3 cm³/mol. The van der Waals surface area contributed by atoms with Crippen molar-refractivity contribution in [1.82, 2.24) is 0 Å². The van der Waals surface area contributed by atoms with Gasteiger partial charge in [0.15, 0.2) is 0 Å². The van der Waals surface area contributed by atoms with Crippen LogP contribution in [0.2, 0.25) is 0 Å². The number of aryl methyl sites for hydroxylation is 1. The van der Waals surface area contributed by atoms with Crippen molar-refractivity contribution in [3.63, 3.8) is 0 Å². The molecule has 0 aliphatic heterocycles. The Morgan fingerprint density at radius 3 is 2.92 bits per heavy atom. The van der Waals surface area contributed by atoms with E-state index < -0.39 is 0 Å². The van der Waals surface area contributed by atoms with Crippen molar-refractivity contribution in [2.45, 2.75) is 25.7 Å². The van der Waals surface area contributed by atoms with Gasteiger partial charge in [-0.15, -0.1) is 0 Å². The van der Waals surface area contributed by atoms with E-state index in [4.69, 9.17) is 5.26 Å². The molecule has 13 heavy (non-hydrogen) atoms. The van der Waals surface area contributed by atoms with Crippen LogP contribution in [0, 0.1) is 17.2 Å². The molecule has 0 aromatic heterocycles. The molecule has 0 amide bonds. The Hall–Kier alpha value is -1.29. The minimum atomic E-state index is 0.217. The number of rotatable bonds is 0. The third-order valence-corrected chi connectivity index (χ3v) is 3.04. The van der Waals surface area contributed by atoms with Gasteiger partial charge in [-0.2, -0.15) is 5.26 Å². The lowest BCUT2D eigenvalue weighted by molar-refractivity contribution is 0.481. The molecular weight excluding hydrogens is 158 g/mol. The van der Waals surface area contributed by atoms with Gasteiger partial charge >= 0.3 is 0 Å². The zero-order valence-electron chi connectivity index (χ0n) is 7.83. The van der Waals surface area contributed by atoms with E-state index in [1.807, 2.05) is 0 Å². The van der Waals surface area contributed by atoms with Gasteiger partial charge in [-0.05, 0) is 29.9 Å². The molecule has 0 saturated heterocycles. The van der Waals surface area contributed by atoms with Crippen LogP contribution < -0.4 is 0 Å². The van der Waals surface area contributed by atoms with Crippen molar-refractivity contribution in [2.24, 2.45) is 5.92 Å². The molecule has 2 atom stereocenters. The van der Waals surface area contributed by atoms with E-state index in [0.29, 0.717) is 5.92 Å². The fourth-order valence-electron chi connectivity index (χ4n) is 2.16. The SMILES string of the molecule is C[C@H]1c2ccccc2CC[C@@H]1C#N. The van der Waals surface area contributed by atoms with Crippen LogP contribution >= 0.6 is 0 Å². The van der Waals surface area contributed by atoms with Gasteiger partial charge in [0, 0.05) is 0 Å². The lowest BCUT2D eigenvalue weighted by Crippen LogP contribution is -2.16. The van der Waals surface area contributed by atoms with E-state index in [1.165, 1.54) is 11.1 Å². The molecule has 1 nitrogen and oxygen atoms in total. The second-order valence-electron chi connectivity index (χ2n) is 3.76. The fourth-order valence-corrected chi connectivity index (χ4v) is 2.16. The van der Waals surface area contributed by atoms with Crippen LogP contribution in [0.4, 0.5) is 0 Å². The second kappa shape index (κ2) is 3.22. The molecule has 66 valence electrons. The van der Waals surface area contributed by atoms with Crippen molar-refractivity contribution >= 4 is 0 Å². The summed E-state index contributed by atoms with van der Waals surface area (Å²) in [4.78, 5) is 0. The summed E-state index contributed by atoms with van der Waals surface area (Å²) in [7, 11) is 0. The first-order valence-corrected chi connectivity index (χ1v) is 4.80. The average Bonchev–Trinajstić information content (AvgIpc) is 2.19. The maximum absolute atomic E-state index is 8.94. The fraction of sp³-hybridized carbons (Fsp3) is 0.417. The molecule has 0 spiro atoms. The summed E-state index contributed by atoms with van der Waals surface area (Å²) in [6, 6.07) is 10.9. The highest BCUT2D eigenvalue weighted by molar-refractivity contribution is 5.34. The van der Waals surface area contributed by atoms with Crippen molar-refractivity contribution < 1.29 is 0 Å². The molecule has 0 unspecified atom stereocenters. The molecule has 0 bridgehead atoms. The van der Waals surface area contributed by atoms with Crippen LogP contribution in [0.5, 0.6) is 0 Å². The van der Waals surface area contributed by atoms with Crippen molar-refractivity contribution in [3.05, 3.63) is 35.4 Å². The molecule has 0 heterocycles. The molecule has 0 radical (unpaired) electrons. The van der Waals surface area contributed by atoms with E-state index >= 15 is 0 Å². The zero-order chi connectivity index (χ0) is 9.26. The summed E-state index contributed by atoms with van der Waals surface area (Å²) in [6.45, 7) is 2.16. The third-order valence-electron chi connectivity index (χ3n) is 3.04. The first-order chi connectivity index (χ1) is 6.33. The quantitative estimate of drug-likeness (QED) is 0.588. The molecule has 0 fully saturated rings. The first-order valence-electron chi connectivity index (χ1n) is 4.80. The molecule has 0 saturated carbocycles. The Bertz CT molecular complexity index is 348. The minimum absolute atomic E-state index is 0.217. The van der Waals surface area contributed by atoms with Gasteiger partial charge in [0.1, 0.15) is 0 Å². The van der Waals surface area contributed by atoms with Crippen LogP contribution in [0.3, 0.4) is 0 Å². The standard InChI is InChI=1S/C12H13N/c1-9-11(8-13)7-6-10-4-2-3-5-12(9)10/h2-5,9,11H,6-7H2,1H3/t9-,11-/m1/s1. The number of benzene rings is 1. The van der Waals surface area contributed by atoms with E-state index in [9.17, 15) is 0 Å². The van der Waals surface area contributed by atoms with Crippen LogP contribution in [-0.4, -0.2) is 0 Å². The number of nitriles is 1. The maximum atomic E-state index is 8.94. The lowest BCUT2D eigenvalue weighted by atomic mass is 9.77. The second-order valence-corrected chi connectivity index (χ2v) is 3.76. The highest BCUT2D eigenvalue weighted by Gasteiger charge is 2.25. The molecule has 1 aromatic carbocycles. The summed E-state index contributed by atoms with van der Waals surface area (Å²) >= 11 is 0. The molecule has 0 N–H and O–H groups in total. The van der Waals surface area contributed by atoms with Gasteiger partial charge in [-0.1, -0.05) is 31.2 Å². The van der Waals surface area contributed by atoms with Crippen LogP contribution in [0.25, 0.3) is 0 Å². The molecular formula is C12H13N. The lowest BCUT2D eigenvalue weighted by Gasteiger charge is -2.26. The third kappa shape index (κ3) is 1.33. The Balaban J connectivity index is 2.40. The number of nitrogens with zero attached hydrogens (tertiary/aromatic N) is 1. The summed E-state index contributed by atoms with van der Waals surface area (Å²) in [5.74, 6) is 0.629. The van der Waals surface area contributed by atoms with Gasteiger partial charge in [0.05, 0.1) is 12.0 Å². The zero-order valence-corrected chi connectivity index (χ0v) is 7.83. The molecule has 1 heteroatoms. The van der Waals surface area contributed by atoms with E-state index in [1.54, 1.807) is 0 Å². The van der Waals surface area contributed by atoms with Gasteiger partial charge < -0.3 is 0 Å². The first kappa shape index (κ1) is 8.31. The van der Waals surface area contributed by atoms with E-state index in [0.717, 1.165) is 12.8 Å². The Morgan fingerprint density at radius 1 is 1.38 bits per heavy atom. The molecule has 1 aliphatic carbocycles. The minimum Gasteiger partial charge on any atom is -0.198 e. The van der Waals surface area contributed by atoms with Gasteiger partial charge in [0.25, 0.3) is 0 Å². The topological polar surface area (TPSA) is 23.8 Å². The monoisotopic (exact) mass is 171 g/mol. The number of hydrogen-bond acceptors (Lipinski definition) is 1. The van der Waals surface area contributed by atoms with E-state index in [2.05, 4.69) is 37.3 Å². The van der Waals surface area contributed by atoms with Crippen molar-refractivity contribution in [2.75, 3.05) is 0 Å². The van der Waals surface area contributed by atoms with Crippen LogP contribution in [0.15, 0.2) is 24.3 Å². The number of hydrogen-bond donors (Lipinski definition) is 0. The van der Waals surface area contributed by atoms with Crippen molar-refractivity contribution in [1.29, 1.82) is 5.26 Å². The Morgan fingerprint density at radius 2 is 2.15 bits per heavy atom. The van der Waals surface area contributed by atoms with Crippen molar-refractivity contribution in [3.8, 4) is 6.07 Å². The predicted octanol–water partition coefficient (Wildman–Crippen LogP) is 2.88. The van der Waals surface area contributed by atoms with Gasteiger partial charge in [-0.3, -0.25) is 0 Å². The highest BCUT2D eigenvalue weighted by Crippen LogP contribution is 2.34. The van der Waals surface area contributed by atoms with E-state index in [-0.39, 0.29) is 5.92 Å². The Kier molecular flexibility index (Phi) is 2.06. The molecule has 1 aromatic rings. The molecule has 2 rings (SSSR count). The summed E-state index contributed by atoms with van der Waals surface area (Å²) < 4.78 is 0. The highest BCUT2D eigenvalue weighted by atomic mass is 14.3. The Labute approximate surface area is 79.0 Å². The largest absolute Gasteiger partial charge is 0.198 e. The average molecular weight is 171 g/mol. The van der Waals surface area contributed by atoms with Gasteiger partial charge in [-0.25, -0.2) is 0 Å². The number of fused-ring (bicyclic) bond motifs is 1.